The summed E-state index contributed by atoms with van der Waals surface area (Å²) in [7, 11) is 4.21. The number of amides is 1. The molecule has 4 rings (SSSR count). The lowest BCUT2D eigenvalue weighted by Crippen LogP contribution is -2.37. The molecule has 3 aromatic heterocycles. The van der Waals surface area contributed by atoms with E-state index in [1.807, 2.05) is 12.1 Å². The molecule has 0 bridgehead atoms. The van der Waals surface area contributed by atoms with Crippen LogP contribution in [0.2, 0.25) is 5.02 Å². The van der Waals surface area contributed by atoms with Gasteiger partial charge in [-0.2, -0.15) is 0 Å². The highest BCUT2D eigenvalue weighted by Crippen LogP contribution is 2.26. The molecule has 182 valence electrons. The van der Waals surface area contributed by atoms with Gasteiger partial charge in [0.1, 0.15) is 4.88 Å². The Hall–Kier alpha value is -3.35. The third kappa shape index (κ3) is 4.90. The Kier molecular flexibility index (Phi) is 7.15. The molecule has 0 aliphatic carbocycles. The third-order valence-corrected chi connectivity index (χ3v) is 7.33. The maximum absolute atomic E-state index is 13.0. The molecule has 0 saturated carbocycles. The summed E-state index contributed by atoms with van der Waals surface area (Å²) in [6.07, 6.45) is 0. The number of anilines is 1. The van der Waals surface area contributed by atoms with E-state index in [1.165, 1.54) is 25.8 Å². The predicted octanol–water partition coefficient (Wildman–Crippen LogP) is 2.71. The Bertz CT molecular complexity index is 1550. The van der Waals surface area contributed by atoms with E-state index in [-0.39, 0.29) is 29.4 Å². The second kappa shape index (κ2) is 10.1. The summed E-state index contributed by atoms with van der Waals surface area (Å²) >= 11 is 8.27. The molecule has 10 nitrogen and oxygen atoms in total. The number of aromatic nitrogens is 4. The number of benzene rings is 1. The number of nitrogens with zero attached hydrogens (tertiary/aromatic N) is 4. The number of carbonyl (C=O) groups is 2. The smallest absolute Gasteiger partial charge is 0.350 e. The molecule has 0 aliphatic rings. The molecule has 1 N–H and O–H groups in total. The van der Waals surface area contributed by atoms with E-state index >= 15 is 0 Å². The molecule has 0 radical (unpaired) electrons. The van der Waals surface area contributed by atoms with Crippen molar-refractivity contribution in [1.82, 2.24) is 18.7 Å². The van der Waals surface area contributed by atoms with Crippen molar-refractivity contribution in [3.8, 4) is 0 Å². The van der Waals surface area contributed by atoms with Crippen LogP contribution in [0.1, 0.15) is 15.2 Å². The Morgan fingerprint density at radius 3 is 2.54 bits per heavy atom. The average molecular weight is 534 g/mol. The number of thiophene rings is 1. The number of thioether (sulfide) groups is 1. The topological polar surface area (TPSA) is 117 Å². The number of esters is 1. The van der Waals surface area contributed by atoms with Crippen molar-refractivity contribution in [3.63, 3.8) is 0 Å². The van der Waals surface area contributed by atoms with Crippen molar-refractivity contribution >= 4 is 63.4 Å². The number of methoxy groups -OCH3 is 1. The molecular weight excluding hydrogens is 514 g/mol. The van der Waals surface area contributed by atoms with Crippen LogP contribution in [-0.2, 0) is 30.2 Å². The van der Waals surface area contributed by atoms with E-state index in [4.69, 9.17) is 16.3 Å². The van der Waals surface area contributed by atoms with Gasteiger partial charge >= 0.3 is 11.7 Å². The van der Waals surface area contributed by atoms with E-state index < -0.39 is 17.2 Å². The molecule has 35 heavy (non-hydrogen) atoms. The fourth-order valence-corrected chi connectivity index (χ4v) is 5.12. The summed E-state index contributed by atoms with van der Waals surface area (Å²) in [5, 5.41) is 5.35. The Morgan fingerprint density at radius 2 is 1.86 bits per heavy atom. The molecule has 0 atom stereocenters. The van der Waals surface area contributed by atoms with Gasteiger partial charge in [-0.25, -0.2) is 14.6 Å². The normalized spacial score (nSPS) is 11.1. The third-order valence-electron chi connectivity index (χ3n) is 5.21. The minimum atomic E-state index is -0.538. The van der Waals surface area contributed by atoms with Crippen molar-refractivity contribution in [2.75, 3.05) is 18.2 Å². The van der Waals surface area contributed by atoms with Gasteiger partial charge in [-0.15, -0.1) is 11.3 Å². The lowest BCUT2D eigenvalue weighted by molar-refractivity contribution is -0.113. The van der Waals surface area contributed by atoms with Crippen LogP contribution in [0.25, 0.3) is 11.2 Å². The SMILES string of the molecule is COC(=O)c1sccc1NC(=O)CSc1nc2c(c(=O)n(C)c(=O)n2C)n1Cc1ccc(Cl)cc1. The number of ether oxygens (including phenoxy) is 1. The maximum atomic E-state index is 13.0. The van der Waals surface area contributed by atoms with Crippen molar-refractivity contribution < 1.29 is 14.3 Å². The first-order chi connectivity index (χ1) is 16.7. The number of carbonyl (C=O) groups excluding carboxylic acids is 2. The number of imidazole rings is 1. The minimum Gasteiger partial charge on any atom is -0.465 e. The standard InChI is InChI=1S/C22H20ClN5O5S2/c1-26-18-16(19(30)27(2)22(26)32)28(10-12-4-6-13(23)7-5-12)21(25-18)35-11-15(29)24-14-8-9-34-17(14)20(31)33-3/h4-9H,10-11H2,1-3H3,(H,24,29). The van der Waals surface area contributed by atoms with Crippen LogP contribution in [0.4, 0.5) is 5.69 Å². The van der Waals surface area contributed by atoms with Crippen LogP contribution < -0.4 is 16.6 Å². The molecule has 0 unspecified atom stereocenters. The summed E-state index contributed by atoms with van der Waals surface area (Å²) in [6, 6.07) is 8.75. The largest absolute Gasteiger partial charge is 0.465 e. The van der Waals surface area contributed by atoms with Crippen LogP contribution >= 0.6 is 34.7 Å². The molecule has 0 saturated heterocycles. The molecule has 3 heterocycles. The molecule has 4 aromatic rings. The van der Waals surface area contributed by atoms with Crippen LogP contribution in [0.5, 0.6) is 0 Å². The lowest BCUT2D eigenvalue weighted by atomic mass is 10.2. The second-order valence-corrected chi connectivity index (χ2v) is 9.77. The number of nitrogens with one attached hydrogen (secondary N) is 1. The van der Waals surface area contributed by atoms with Gasteiger partial charge in [0.25, 0.3) is 5.56 Å². The average Bonchev–Trinajstić information content (AvgIpc) is 3.45. The van der Waals surface area contributed by atoms with Gasteiger partial charge in [-0.3, -0.25) is 18.7 Å². The fraction of sp³-hybridized carbons (Fsp3) is 0.227. The van der Waals surface area contributed by atoms with Crippen LogP contribution in [0.3, 0.4) is 0 Å². The molecule has 1 aromatic carbocycles. The first kappa shape index (κ1) is 24.8. The van der Waals surface area contributed by atoms with Crippen molar-refractivity contribution in [2.24, 2.45) is 14.1 Å². The predicted molar refractivity (Wildman–Crippen MR) is 136 cm³/mol. The highest BCUT2D eigenvalue weighted by Gasteiger charge is 2.21. The minimum absolute atomic E-state index is 0.0470. The molecule has 0 aliphatic heterocycles. The number of aryl methyl sites for hydroxylation is 1. The summed E-state index contributed by atoms with van der Waals surface area (Å²) < 4.78 is 8.74. The monoisotopic (exact) mass is 533 g/mol. The number of hydrogen-bond acceptors (Lipinski definition) is 8. The molecule has 0 spiro atoms. The van der Waals surface area contributed by atoms with E-state index in [0.29, 0.717) is 20.7 Å². The first-order valence-electron chi connectivity index (χ1n) is 10.2. The number of halogens is 1. The quantitative estimate of drug-likeness (QED) is 0.287. The Morgan fingerprint density at radius 1 is 1.14 bits per heavy atom. The second-order valence-electron chi connectivity index (χ2n) is 7.48. The summed E-state index contributed by atoms with van der Waals surface area (Å²) in [4.78, 5) is 54.8. The maximum Gasteiger partial charge on any atom is 0.350 e. The van der Waals surface area contributed by atoms with Gasteiger partial charge in [-0.05, 0) is 29.1 Å². The molecule has 13 heteroatoms. The lowest BCUT2D eigenvalue weighted by Gasteiger charge is -2.10. The zero-order chi connectivity index (χ0) is 25.3. The molecular formula is C22H20ClN5O5S2. The van der Waals surface area contributed by atoms with E-state index in [0.717, 1.165) is 33.2 Å². The van der Waals surface area contributed by atoms with Gasteiger partial charge in [0, 0.05) is 19.1 Å². The van der Waals surface area contributed by atoms with E-state index in [9.17, 15) is 19.2 Å². The number of hydrogen-bond donors (Lipinski definition) is 1. The molecule has 1 amide bonds. The van der Waals surface area contributed by atoms with Crippen molar-refractivity contribution in [3.05, 3.63) is 72.0 Å². The number of rotatable bonds is 7. The zero-order valence-corrected chi connectivity index (χ0v) is 21.3. The van der Waals surface area contributed by atoms with Gasteiger partial charge in [0.2, 0.25) is 5.91 Å². The van der Waals surface area contributed by atoms with Crippen LogP contribution in [0, 0.1) is 0 Å². The highest BCUT2D eigenvalue weighted by atomic mass is 35.5. The van der Waals surface area contributed by atoms with Gasteiger partial charge in [0.05, 0.1) is 25.1 Å². The summed E-state index contributed by atoms with van der Waals surface area (Å²) in [6.45, 7) is 0.280. The fourth-order valence-electron chi connectivity index (χ4n) is 3.43. The van der Waals surface area contributed by atoms with E-state index in [1.54, 1.807) is 28.1 Å². The highest BCUT2D eigenvalue weighted by molar-refractivity contribution is 7.99. The van der Waals surface area contributed by atoms with Crippen molar-refractivity contribution in [1.29, 1.82) is 0 Å². The van der Waals surface area contributed by atoms with Crippen LogP contribution in [-0.4, -0.2) is 43.4 Å². The first-order valence-corrected chi connectivity index (χ1v) is 12.4. The number of fused-ring (bicyclic) bond motifs is 1. The summed E-state index contributed by atoms with van der Waals surface area (Å²) in [5.74, 6) is -0.954. The van der Waals surface area contributed by atoms with Crippen molar-refractivity contribution in [2.45, 2.75) is 11.7 Å². The van der Waals surface area contributed by atoms with Gasteiger partial charge in [0.15, 0.2) is 16.3 Å². The van der Waals surface area contributed by atoms with Gasteiger partial charge < -0.3 is 14.6 Å². The summed E-state index contributed by atoms with van der Waals surface area (Å²) in [5.41, 5.74) is 0.705. The zero-order valence-electron chi connectivity index (χ0n) is 18.9. The van der Waals surface area contributed by atoms with Gasteiger partial charge in [-0.1, -0.05) is 35.5 Å². The van der Waals surface area contributed by atoms with Crippen LogP contribution in [0.15, 0.2) is 50.5 Å². The Balaban J connectivity index is 1.67. The van der Waals surface area contributed by atoms with E-state index in [2.05, 4.69) is 10.3 Å². The Labute approximate surface area is 212 Å². The molecule has 0 fully saturated rings.